The van der Waals surface area contributed by atoms with Gasteiger partial charge in [0.15, 0.2) is 0 Å². The third kappa shape index (κ3) is 4.53. The Hall–Kier alpha value is -2.55. The molecule has 1 fully saturated rings. The Morgan fingerprint density at radius 2 is 1.07 bits per heavy atom. The molecule has 0 radical (unpaired) electrons. The molecule has 3 aliphatic rings. The molecule has 1 aliphatic heterocycles. The van der Waals surface area contributed by atoms with Crippen LogP contribution in [0, 0.1) is 0 Å². The van der Waals surface area contributed by atoms with Crippen LogP contribution in [0.4, 0.5) is 0 Å². The molecule has 0 nitrogen and oxygen atoms in total. The van der Waals surface area contributed by atoms with E-state index in [1.165, 1.54) is 57.0 Å². The Labute approximate surface area is 271 Å². The van der Waals surface area contributed by atoms with Gasteiger partial charge in [-0.3, -0.25) is 0 Å². The third-order valence-corrected chi connectivity index (χ3v) is 33.5. The van der Waals surface area contributed by atoms with Crippen molar-refractivity contribution >= 4 is 20.2 Å². The van der Waals surface area contributed by atoms with Crippen LogP contribution in [0.5, 0.6) is 0 Å². The van der Waals surface area contributed by atoms with Crippen LogP contribution in [0.2, 0.25) is 22.0 Å². The van der Waals surface area contributed by atoms with E-state index in [1.807, 2.05) is 10.4 Å². The summed E-state index contributed by atoms with van der Waals surface area (Å²) < 4.78 is 6.95. The molecule has 2 aliphatic carbocycles. The van der Waals surface area contributed by atoms with Crippen molar-refractivity contribution < 1.29 is 20.0 Å². The van der Waals surface area contributed by atoms with Gasteiger partial charge in [0.25, 0.3) is 0 Å². The van der Waals surface area contributed by atoms with E-state index in [1.54, 1.807) is 11.1 Å². The van der Waals surface area contributed by atoms with E-state index < -0.39 is 28.0 Å². The second-order valence-electron chi connectivity index (χ2n) is 15.1. The summed E-state index contributed by atoms with van der Waals surface area (Å²) in [5, 5.41) is 3.74. The second-order valence-corrected chi connectivity index (χ2v) is 36.7. The Morgan fingerprint density at radius 1 is 0.636 bits per heavy atom. The summed E-state index contributed by atoms with van der Waals surface area (Å²) in [6.07, 6.45) is 6.75. The molecule has 4 aromatic rings. The van der Waals surface area contributed by atoms with Crippen molar-refractivity contribution in [2.75, 3.05) is 0 Å². The van der Waals surface area contributed by atoms with Gasteiger partial charge in [-0.2, -0.15) is 0 Å². The van der Waals surface area contributed by atoms with Gasteiger partial charge in [0.1, 0.15) is 0 Å². The van der Waals surface area contributed by atoms with Crippen LogP contribution in [-0.4, -0.2) is 8.07 Å². The van der Waals surface area contributed by atoms with Crippen molar-refractivity contribution in [2.24, 2.45) is 0 Å². The van der Waals surface area contributed by atoms with Gasteiger partial charge in [-0.1, -0.05) is 0 Å². The summed E-state index contributed by atoms with van der Waals surface area (Å²) in [6, 6.07) is 34.6. The van der Waals surface area contributed by atoms with E-state index in [2.05, 4.69) is 148 Å². The Bertz CT molecular complexity index is 1710. The zero-order valence-electron chi connectivity index (χ0n) is 28.0. The summed E-state index contributed by atoms with van der Waals surface area (Å²) in [5.41, 5.74) is 14.9. The van der Waals surface area contributed by atoms with E-state index in [-0.39, 0.29) is 0 Å². The summed E-state index contributed by atoms with van der Waals surface area (Å²) in [7, 11) is -1.91. The van der Waals surface area contributed by atoms with Gasteiger partial charge in [-0.05, 0) is 0 Å². The monoisotopic (exact) mass is 760 g/mol. The first-order valence-corrected chi connectivity index (χ1v) is 31.0. The predicted octanol–water partition coefficient (Wildman–Crippen LogP) is 12.7. The van der Waals surface area contributed by atoms with Crippen LogP contribution in [0.15, 0.2) is 95.3 Å². The number of rotatable bonds is 6. The van der Waals surface area contributed by atoms with Gasteiger partial charge in [0, 0.05) is 0 Å². The van der Waals surface area contributed by atoms with Crippen LogP contribution < -0.4 is 0 Å². The molecular weight excluding hydrogens is 711 g/mol. The minimum absolute atomic E-state index is 0.535. The van der Waals surface area contributed by atoms with Crippen molar-refractivity contribution in [2.45, 2.75) is 82.2 Å². The van der Waals surface area contributed by atoms with E-state index in [9.17, 15) is 0 Å². The Morgan fingerprint density at radius 3 is 1.48 bits per heavy atom. The molecule has 1 heterocycles. The average molecular weight is 759 g/mol. The third-order valence-electron chi connectivity index (χ3n) is 11.4. The van der Waals surface area contributed by atoms with Crippen molar-refractivity contribution in [3.63, 3.8) is 0 Å². The minimum atomic E-state index is -3.05. The van der Waals surface area contributed by atoms with E-state index in [0.29, 0.717) is 19.2 Å². The number of hydrogen-bond donors (Lipinski definition) is 0. The van der Waals surface area contributed by atoms with Gasteiger partial charge in [-0.15, -0.1) is 0 Å². The van der Waals surface area contributed by atoms with Crippen LogP contribution in [-0.2, 0) is 20.0 Å². The van der Waals surface area contributed by atoms with Crippen LogP contribution in [0.1, 0.15) is 93.6 Å². The van der Waals surface area contributed by atoms with Crippen molar-refractivity contribution in [3.05, 3.63) is 129 Å². The molecule has 0 spiro atoms. The quantitative estimate of drug-likeness (QED) is 0.172. The Kier molecular flexibility index (Phi) is 7.57. The second kappa shape index (κ2) is 11.1. The summed E-state index contributed by atoms with van der Waals surface area (Å²) in [6.45, 7) is 14.4. The fraction of sp³-hybridized carbons (Fsp3) is 0.333. The molecule has 0 amide bonds. The number of fused-ring (bicyclic) bond motifs is 6. The molecule has 2 unspecified atom stereocenters. The molecule has 7 rings (SSSR count). The molecule has 0 saturated carbocycles. The molecule has 0 bridgehead atoms. The van der Waals surface area contributed by atoms with Crippen LogP contribution in [0.25, 0.3) is 34.4 Å². The molecule has 44 heavy (non-hydrogen) atoms. The normalized spacial score (nSPS) is 22.8. The molecule has 0 aromatic heterocycles. The molecule has 0 N–H and O–H groups in total. The number of benzene rings is 4. The fourth-order valence-corrected chi connectivity index (χ4v) is 41.6. The van der Waals surface area contributed by atoms with Crippen LogP contribution >= 0.6 is 0 Å². The molecule has 4 aromatic carbocycles. The van der Waals surface area contributed by atoms with Crippen molar-refractivity contribution in [1.82, 2.24) is 0 Å². The zero-order chi connectivity index (χ0) is 31.0. The number of allylic oxidation sites excluding steroid dienone is 2. The first kappa shape index (κ1) is 30.1. The fourth-order valence-electron chi connectivity index (χ4n) is 9.12. The molecule has 1 saturated heterocycles. The van der Waals surface area contributed by atoms with Gasteiger partial charge < -0.3 is 0 Å². The molecular formula is C42H48HfSi. The van der Waals surface area contributed by atoms with Crippen LogP contribution in [0.3, 0.4) is 0 Å². The molecule has 2 atom stereocenters. The first-order valence-electron chi connectivity index (χ1n) is 17.0. The summed E-state index contributed by atoms with van der Waals surface area (Å²) >= 11 is -3.05. The van der Waals surface area contributed by atoms with Crippen molar-refractivity contribution in [3.8, 4) is 22.3 Å². The molecule has 2 heteroatoms. The maximum absolute atomic E-state index is 3.05. The standard InChI is InChI=1S/C40H42Si.2CH3.Hf/c1-7-20-41(6,35-23-33-16-10-18-37(39(33)25-35)31-14-8-12-29(21-31)27(2)3)36-24-34-17-11-19-38(40(34)26-36)32-15-9-13-30(22-32)28(4)5;;;/h8-19,21-28H,7,20H2,1-6H3;2*1H3;. The van der Waals surface area contributed by atoms with Gasteiger partial charge in [0.05, 0.1) is 0 Å². The zero-order valence-corrected chi connectivity index (χ0v) is 32.6. The maximum atomic E-state index is 2.80. The first-order chi connectivity index (χ1) is 21.1. The van der Waals surface area contributed by atoms with Gasteiger partial charge in [0.2, 0.25) is 0 Å². The topological polar surface area (TPSA) is 0 Å². The SMILES string of the molecule is CCC[Si]1(C)C2=Cc3c(-c4cccc(C(C)C)c4)cccc3[CH]2[Hf]([CH3])([CH3])[CH]2C1=Cc1c(-c3cccc(C(C)C)c3)cccc12. The van der Waals surface area contributed by atoms with Gasteiger partial charge in [-0.25, -0.2) is 0 Å². The van der Waals surface area contributed by atoms with E-state index in [0.717, 1.165) is 0 Å². The summed E-state index contributed by atoms with van der Waals surface area (Å²) in [4.78, 5) is 0. The Balaban J connectivity index is 1.42. The summed E-state index contributed by atoms with van der Waals surface area (Å²) in [5.74, 6) is 1.07. The van der Waals surface area contributed by atoms with E-state index in [4.69, 9.17) is 0 Å². The van der Waals surface area contributed by atoms with E-state index >= 15 is 0 Å². The number of hydrogen-bond acceptors (Lipinski definition) is 0. The van der Waals surface area contributed by atoms with Crippen molar-refractivity contribution in [1.29, 1.82) is 0 Å². The van der Waals surface area contributed by atoms with Gasteiger partial charge >= 0.3 is 273 Å². The molecule has 224 valence electrons. The average Bonchev–Trinajstić information content (AvgIpc) is 3.62. The predicted molar refractivity (Wildman–Crippen MR) is 192 cm³/mol.